The molecule has 7 heteroatoms. The highest BCUT2D eigenvalue weighted by atomic mass is 32.2. The van der Waals surface area contributed by atoms with E-state index >= 15 is 0 Å². The Morgan fingerprint density at radius 1 is 1.50 bits per heavy atom. The fraction of sp³-hybridized carbons (Fsp3) is 0.455. The highest BCUT2D eigenvalue weighted by molar-refractivity contribution is 7.88. The van der Waals surface area contributed by atoms with Gasteiger partial charge in [-0.05, 0) is 18.6 Å². The number of aryl methyl sites for hydroxylation is 1. The molecule has 98 valence electrons. The number of hydrogen-bond acceptors (Lipinski definition) is 4. The van der Waals surface area contributed by atoms with E-state index in [1.165, 1.54) is 4.31 Å². The third-order valence-corrected chi connectivity index (χ3v) is 4.18. The largest absolute Gasteiger partial charge is 0.310 e. The van der Waals surface area contributed by atoms with Crippen molar-refractivity contribution < 1.29 is 13.2 Å². The van der Waals surface area contributed by atoms with Crippen molar-refractivity contribution in [1.82, 2.24) is 9.29 Å². The van der Waals surface area contributed by atoms with E-state index in [0.29, 0.717) is 5.82 Å². The van der Waals surface area contributed by atoms with Gasteiger partial charge in [-0.3, -0.25) is 4.79 Å². The molecule has 0 aromatic carbocycles. The molecule has 0 spiro atoms. The number of hydrogen-bond donors (Lipinski definition) is 1. The molecular weight excluding hydrogens is 254 g/mol. The van der Waals surface area contributed by atoms with Crippen LogP contribution < -0.4 is 5.32 Å². The molecule has 0 radical (unpaired) electrons. The van der Waals surface area contributed by atoms with Crippen LogP contribution in [-0.4, -0.2) is 43.0 Å². The Bertz CT molecular complexity index is 565. The predicted octanol–water partition coefficient (Wildman–Crippen LogP) is 0.220. The smallest absolute Gasteiger partial charge is 0.231 e. The van der Waals surface area contributed by atoms with Crippen LogP contribution in [0.4, 0.5) is 5.82 Å². The third-order valence-electron chi connectivity index (χ3n) is 2.94. The maximum Gasteiger partial charge on any atom is 0.231 e. The number of nitrogens with one attached hydrogen (secondary N) is 1. The lowest BCUT2D eigenvalue weighted by atomic mass is 10.0. The second kappa shape index (κ2) is 4.66. The van der Waals surface area contributed by atoms with Crippen LogP contribution in [0.5, 0.6) is 0 Å². The predicted molar refractivity (Wildman–Crippen MR) is 67.5 cm³/mol. The minimum absolute atomic E-state index is 0.184. The monoisotopic (exact) mass is 269 g/mol. The molecule has 1 aliphatic heterocycles. The zero-order valence-corrected chi connectivity index (χ0v) is 11.1. The van der Waals surface area contributed by atoms with Crippen LogP contribution in [0, 0.1) is 12.8 Å². The SMILES string of the molecule is Cc1cccnc1NC(=O)C1CN(S(C)(=O)=O)C1. The number of nitrogens with zero attached hydrogens (tertiary/aromatic N) is 2. The third kappa shape index (κ3) is 2.68. The van der Waals surface area contributed by atoms with Crippen LogP contribution in [0.1, 0.15) is 5.56 Å². The molecular formula is C11H15N3O3S. The lowest BCUT2D eigenvalue weighted by Gasteiger charge is -2.35. The Labute approximate surface area is 106 Å². The molecule has 1 aliphatic rings. The lowest BCUT2D eigenvalue weighted by molar-refractivity contribution is -0.122. The van der Waals surface area contributed by atoms with Gasteiger partial charge in [0.15, 0.2) is 0 Å². The first-order valence-corrected chi connectivity index (χ1v) is 7.40. The van der Waals surface area contributed by atoms with Crippen molar-refractivity contribution in [3.8, 4) is 0 Å². The topological polar surface area (TPSA) is 79.4 Å². The lowest BCUT2D eigenvalue weighted by Crippen LogP contribution is -2.53. The number of pyridine rings is 1. The molecule has 1 fully saturated rings. The first-order chi connectivity index (χ1) is 8.38. The Morgan fingerprint density at radius 2 is 2.17 bits per heavy atom. The first-order valence-electron chi connectivity index (χ1n) is 5.55. The minimum Gasteiger partial charge on any atom is -0.310 e. The number of carbonyl (C=O) groups is 1. The second-order valence-electron chi connectivity index (χ2n) is 4.44. The molecule has 1 aromatic heterocycles. The normalized spacial score (nSPS) is 17.2. The summed E-state index contributed by atoms with van der Waals surface area (Å²) in [6.45, 7) is 2.35. The van der Waals surface area contributed by atoms with E-state index in [9.17, 15) is 13.2 Å². The van der Waals surface area contributed by atoms with Crippen LogP contribution in [0.2, 0.25) is 0 Å². The van der Waals surface area contributed by atoms with E-state index in [2.05, 4.69) is 10.3 Å². The highest BCUT2D eigenvalue weighted by Gasteiger charge is 2.37. The van der Waals surface area contributed by atoms with E-state index in [-0.39, 0.29) is 24.9 Å². The molecule has 0 saturated carbocycles. The van der Waals surface area contributed by atoms with Gasteiger partial charge in [0.1, 0.15) is 5.82 Å². The van der Waals surface area contributed by atoms with Gasteiger partial charge in [-0.15, -0.1) is 0 Å². The molecule has 0 aliphatic carbocycles. The summed E-state index contributed by atoms with van der Waals surface area (Å²) in [5.74, 6) is 0.0538. The average Bonchev–Trinajstić information content (AvgIpc) is 2.16. The van der Waals surface area contributed by atoms with E-state index in [1.54, 1.807) is 12.3 Å². The van der Waals surface area contributed by atoms with E-state index in [4.69, 9.17) is 0 Å². The van der Waals surface area contributed by atoms with Gasteiger partial charge in [0.2, 0.25) is 15.9 Å². The highest BCUT2D eigenvalue weighted by Crippen LogP contribution is 2.20. The van der Waals surface area contributed by atoms with Crippen LogP contribution in [0.15, 0.2) is 18.3 Å². The average molecular weight is 269 g/mol. The zero-order chi connectivity index (χ0) is 13.3. The summed E-state index contributed by atoms with van der Waals surface area (Å²) in [5, 5.41) is 2.71. The van der Waals surface area contributed by atoms with Gasteiger partial charge >= 0.3 is 0 Å². The minimum atomic E-state index is -3.18. The fourth-order valence-corrected chi connectivity index (χ4v) is 2.61. The van der Waals surface area contributed by atoms with Gasteiger partial charge in [0, 0.05) is 19.3 Å². The van der Waals surface area contributed by atoms with Crippen molar-refractivity contribution in [2.45, 2.75) is 6.92 Å². The molecule has 1 saturated heterocycles. The molecule has 1 N–H and O–H groups in total. The van der Waals surface area contributed by atoms with Gasteiger partial charge < -0.3 is 5.32 Å². The number of carbonyl (C=O) groups excluding carboxylic acids is 1. The number of aromatic nitrogens is 1. The van der Waals surface area contributed by atoms with E-state index in [0.717, 1.165) is 11.8 Å². The standard InChI is InChI=1S/C11H15N3O3S/c1-8-4-3-5-12-10(8)13-11(15)9-6-14(7-9)18(2,16)17/h3-5,9H,6-7H2,1-2H3,(H,12,13,15). The maximum atomic E-state index is 11.8. The van der Waals surface area contributed by atoms with Crippen molar-refractivity contribution in [2.24, 2.45) is 5.92 Å². The Morgan fingerprint density at radius 3 is 2.72 bits per heavy atom. The second-order valence-corrected chi connectivity index (χ2v) is 6.42. The van der Waals surface area contributed by atoms with Crippen molar-refractivity contribution in [2.75, 3.05) is 24.7 Å². The van der Waals surface area contributed by atoms with Crippen molar-refractivity contribution in [3.63, 3.8) is 0 Å². The van der Waals surface area contributed by atoms with Gasteiger partial charge in [-0.1, -0.05) is 6.07 Å². The van der Waals surface area contributed by atoms with E-state index in [1.807, 2.05) is 13.0 Å². The molecule has 0 atom stereocenters. The van der Waals surface area contributed by atoms with Crippen LogP contribution in [0.25, 0.3) is 0 Å². The number of anilines is 1. The number of sulfonamides is 1. The van der Waals surface area contributed by atoms with Crippen LogP contribution in [0.3, 0.4) is 0 Å². The molecule has 18 heavy (non-hydrogen) atoms. The first kappa shape index (κ1) is 13.0. The van der Waals surface area contributed by atoms with Gasteiger partial charge in [-0.2, -0.15) is 0 Å². The van der Waals surface area contributed by atoms with Crippen molar-refractivity contribution in [1.29, 1.82) is 0 Å². The summed E-state index contributed by atoms with van der Waals surface area (Å²) in [6, 6.07) is 3.64. The summed E-state index contributed by atoms with van der Waals surface area (Å²) in [7, 11) is -3.18. The molecule has 6 nitrogen and oxygen atoms in total. The molecule has 1 amide bonds. The number of rotatable bonds is 3. The van der Waals surface area contributed by atoms with Gasteiger partial charge in [0.05, 0.1) is 12.2 Å². The van der Waals surface area contributed by atoms with Crippen LogP contribution in [-0.2, 0) is 14.8 Å². The summed E-state index contributed by atoms with van der Waals surface area (Å²) >= 11 is 0. The Balaban J connectivity index is 1.94. The molecule has 2 rings (SSSR count). The summed E-state index contributed by atoms with van der Waals surface area (Å²) in [5.41, 5.74) is 0.880. The maximum absolute atomic E-state index is 11.8. The molecule has 2 heterocycles. The summed E-state index contributed by atoms with van der Waals surface area (Å²) in [6.07, 6.45) is 2.75. The number of amides is 1. The van der Waals surface area contributed by atoms with Gasteiger partial charge in [0.25, 0.3) is 0 Å². The summed E-state index contributed by atoms with van der Waals surface area (Å²) in [4.78, 5) is 15.9. The zero-order valence-electron chi connectivity index (χ0n) is 10.3. The summed E-state index contributed by atoms with van der Waals surface area (Å²) < 4.78 is 23.6. The Kier molecular flexibility index (Phi) is 3.36. The van der Waals surface area contributed by atoms with Gasteiger partial charge in [-0.25, -0.2) is 17.7 Å². The quantitative estimate of drug-likeness (QED) is 0.851. The van der Waals surface area contributed by atoms with Crippen molar-refractivity contribution in [3.05, 3.63) is 23.9 Å². The fourth-order valence-electron chi connectivity index (χ4n) is 1.71. The van der Waals surface area contributed by atoms with Crippen molar-refractivity contribution >= 4 is 21.7 Å². The Hall–Kier alpha value is -1.47. The molecule has 1 aromatic rings. The van der Waals surface area contributed by atoms with E-state index < -0.39 is 10.0 Å². The molecule has 0 bridgehead atoms. The molecule has 0 unspecified atom stereocenters. The van der Waals surface area contributed by atoms with Crippen LogP contribution >= 0.6 is 0 Å².